The predicted molar refractivity (Wildman–Crippen MR) is 82.1 cm³/mol. The fourth-order valence-corrected chi connectivity index (χ4v) is 2.74. The van der Waals surface area contributed by atoms with Gasteiger partial charge >= 0.3 is 11.7 Å². The number of alkyl halides is 3. The van der Waals surface area contributed by atoms with Gasteiger partial charge in [0.2, 0.25) is 5.52 Å². The molecule has 2 aromatic carbocycles. The van der Waals surface area contributed by atoms with E-state index in [0.29, 0.717) is 5.52 Å². The molecule has 120 valence electrons. The van der Waals surface area contributed by atoms with Crippen molar-refractivity contribution in [2.45, 2.75) is 6.18 Å². The van der Waals surface area contributed by atoms with E-state index < -0.39 is 17.3 Å². The van der Waals surface area contributed by atoms with Gasteiger partial charge in [-0.15, -0.1) is 4.52 Å². The first-order valence-corrected chi connectivity index (χ1v) is 7.17. The number of fused-ring (bicyclic) bond motifs is 3. The molecule has 0 unspecified atom stereocenters. The zero-order chi connectivity index (χ0) is 16.9. The molecule has 4 nitrogen and oxygen atoms in total. The summed E-state index contributed by atoms with van der Waals surface area (Å²) in [5.41, 5.74) is 0.0204. The standard InChI is InChI=1S/C17H10F3N3O/c18-17(19,20)12-5-3-6-13(10-12)22-16(24)15-9-8-11-4-1-2-7-14(11)23(15)21-22/h1-10H/p+1. The van der Waals surface area contributed by atoms with Crippen LogP contribution in [0.5, 0.6) is 0 Å². The number of rotatable bonds is 1. The Kier molecular flexibility index (Phi) is 2.99. The Balaban J connectivity index is 2.00. The lowest BCUT2D eigenvalue weighted by Gasteiger charge is -2.05. The Bertz CT molecular complexity index is 1130. The van der Waals surface area contributed by atoms with E-state index in [1.54, 1.807) is 16.6 Å². The zero-order valence-corrected chi connectivity index (χ0v) is 12.2. The van der Waals surface area contributed by atoms with Gasteiger partial charge in [-0.25, -0.2) is 4.79 Å². The fraction of sp³-hybridized carbons (Fsp3) is 0.0588. The third-order valence-electron chi connectivity index (χ3n) is 3.89. The summed E-state index contributed by atoms with van der Waals surface area (Å²) in [4.78, 5) is 12.6. The van der Waals surface area contributed by atoms with Gasteiger partial charge in [0.1, 0.15) is 0 Å². The number of hydrogen-bond donors (Lipinski definition) is 1. The molecule has 0 atom stereocenters. The Labute approximate surface area is 133 Å². The molecule has 0 saturated heterocycles. The van der Waals surface area contributed by atoms with Gasteiger partial charge in [-0.2, -0.15) is 13.2 Å². The molecule has 0 spiro atoms. The van der Waals surface area contributed by atoms with Gasteiger partial charge in [0.25, 0.3) is 0 Å². The first kappa shape index (κ1) is 14.5. The van der Waals surface area contributed by atoms with Crippen molar-refractivity contribution in [1.29, 1.82) is 0 Å². The maximum atomic E-state index is 12.9. The number of H-pyrrole nitrogens is 1. The molecule has 0 aliphatic rings. The predicted octanol–water partition coefficient (Wildman–Crippen LogP) is 3.08. The summed E-state index contributed by atoms with van der Waals surface area (Å²) in [5.74, 6) is 0. The van der Waals surface area contributed by atoms with E-state index >= 15 is 0 Å². The summed E-state index contributed by atoms with van der Waals surface area (Å²) in [6.45, 7) is 0. The Hall–Kier alpha value is -3.09. The van der Waals surface area contributed by atoms with Crippen LogP contribution in [0.3, 0.4) is 0 Å². The van der Waals surface area contributed by atoms with Crippen LogP contribution in [0, 0.1) is 0 Å². The van der Waals surface area contributed by atoms with Crippen molar-refractivity contribution in [3.63, 3.8) is 0 Å². The van der Waals surface area contributed by atoms with Gasteiger partial charge in [0.05, 0.1) is 5.56 Å². The highest BCUT2D eigenvalue weighted by Crippen LogP contribution is 2.29. The number of nitrogens with one attached hydrogen (secondary N) is 1. The molecule has 4 rings (SSSR count). The van der Waals surface area contributed by atoms with Gasteiger partial charge in [0.15, 0.2) is 11.2 Å². The smallest absolute Gasteiger partial charge is 0.234 e. The van der Waals surface area contributed by atoms with Crippen LogP contribution < -0.4 is 10.1 Å². The summed E-state index contributed by atoms with van der Waals surface area (Å²) in [6, 6.07) is 15.5. The van der Waals surface area contributed by atoms with Gasteiger partial charge in [-0.05, 0) is 36.4 Å². The summed E-state index contributed by atoms with van der Waals surface area (Å²) in [7, 11) is 0. The minimum Gasteiger partial charge on any atom is -0.234 e. The normalized spacial score (nSPS) is 12.1. The summed E-state index contributed by atoms with van der Waals surface area (Å²) in [6.07, 6.45) is -4.47. The van der Waals surface area contributed by atoms with Crippen molar-refractivity contribution in [2.75, 3.05) is 0 Å². The second kappa shape index (κ2) is 4.95. The highest BCUT2D eigenvalue weighted by Gasteiger charge is 2.31. The van der Waals surface area contributed by atoms with Crippen LogP contribution in [0.25, 0.3) is 22.1 Å². The average Bonchev–Trinajstić information content (AvgIpc) is 2.92. The minimum absolute atomic E-state index is 0.127. The molecule has 2 aromatic heterocycles. The lowest BCUT2D eigenvalue weighted by molar-refractivity contribution is -0.555. The van der Waals surface area contributed by atoms with E-state index in [0.717, 1.165) is 27.7 Å². The summed E-state index contributed by atoms with van der Waals surface area (Å²) in [5, 5.41) is 3.76. The lowest BCUT2D eigenvalue weighted by atomic mass is 10.2. The number of benzene rings is 2. The molecule has 0 radical (unpaired) electrons. The highest BCUT2D eigenvalue weighted by atomic mass is 19.4. The average molecular weight is 330 g/mol. The first-order chi connectivity index (χ1) is 11.4. The maximum Gasteiger partial charge on any atom is 0.416 e. The lowest BCUT2D eigenvalue weighted by Crippen LogP contribution is -2.25. The van der Waals surface area contributed by atoms with E-state index in [1.165, 1.54) is 12.1 Å². The number of aromatic nitrogens is 3. The first-order valence-electron chi connectivity index (χ1n) is 7.17. The van der Waals surface area contributed by atoms with Crippen molar-refractivity contribution in [3.8, 4) is 5.69 Å². The Morgan fingerprint density at radius 1 is 0.917 bits per heavy atom. The van der Waals surface area contributed by atoms with E-state index in [2.05, 4.69) is 5.21 Å². The molecule has 0 bridgehead atoms. The molecule has 4 aromatic rings. The highest BCUT2D eigenvalue weighted by molar-refractivity contribution is 5.76. The van der Waals surface area contributed by atoms with Gasteiger partial charge in [0, 0.05) is 5.39 Å². The molecule has 0 amide bonds. The van der Waals surface area contributed by atoms with E-state index in [-0.39, 0.29) is 5.69 Å². The third kappa shape index (κ3) is 2.17. The largest absolute Gasteiger partial charge is 0.416 e. The monoisotopic (exact) mass is 330 g/mol. The van der Waals surface area contributed by atoms with E-state index in [1.807, 2.05) is 24.3 Å². The number of halogens is 3. The van der Waals surface area contributed by atoms with Crippen LogP contribution in [0.15, 0.2) is 65.5 Å². The quantitative estimate of drug-likeness (QED) is 0.536. The van der Waals surface area contributed by atoms with Crippen molar-refractivity contribution in [1.82, 2.24) is 9.90 Å². The number of hydrogen-bond acceptors (Lipinski definition) is 1. The van der Waals surface area contributed by atoms with E-state index in [9.17, 15) is 18.0 Å². The summed E-state index contributed by atoms with van der Waals surface area (Å²) < 4.78 is 41.4. The van der Waals surface area contributed by atoms with Crippen molar-refractivity contribution >= 4 is 16.4 Å². The van der Waals surface area contributed by atoms with Crippen LogP contribution in [0.4, 0.5) is 13.2 Å². The third-order valence-corrected chi connectivity index (χ3v) is 3.89. The molecule has 0 saturated carbocycles. The van der Waals surface area contributed by atoms with Crippen molar-refractivity contribution < 1.29 is 17.7 Å². The molecule has 0 fully saturated rings. The van der Waals surface area contributed by atoms with Crippen molar-refractivity contribution in [2.24, 2.45) is 0 Å². The number of aromatic amines is 1. The van der Waals surface area contributed by atoms with E-state index in [4.69, 9.17) is 0 Å². The Morgan fingerprint density at radius 3 is 2.50 bits per heavy atom. The molecular weight excluding hydrogens is 319 g/mol. The summed E-state index contributed by atoms with van der Waals surface area (Å²) >= 11 is 0. The fourth-order valence-electron chi connectivity index (χ4n) is 2.74. The molecule has 0 aliphatic carbocycles. The van der Waals surface area contributed by atoms with Crippen LogP contribution in [-0.2, 0) is 6.18 Å². The maximum absolute atomic E-state index is 12.9. The molecule has 1 N–H and O–H groups in total. The van der Waals surface area contributed by atoms with Crippen LogP contribution in [-0.4, -0.2) is 9.90 Å². The molecule has 2 heterocycles. The van der Waals surface area contributed by atoms with Crippen LogP contribution in [0.1, 0.15) is 5.56 Å². The second-order valence-corrected chi connectivity index (χ2v) is 5.40. The van der Waals surface area contributed by atoms with Gasteiger partial charge < -0.3 is 0 Å². The molecular formula is C17H11F3N3O+. The SMILES string of the molecule is O=c1c2ccc3ccccc3[n+]2[nH]n1-c1cccc(C(F)(F)F)c1. The zero-order valence-electron chi connectivity index (χ0n) is 12.2. The van der Waals surface area contributed by atoms with Crippen LogP contribution in [0.2, 0.25) is 0 Å². The van der Waals surface area contributed by atoms with Crippen molar-refractivity contribution in [3.05, 3.63) is 76.6 Å². The van der Waals surface area contributed by atoms with Crippen LogP contribution >= 0.6 is 0 Å². The second-order valence-electron chi connectivity index (χ2n) is 5.40. The van der Waals surface area contributed by atoms with Gasteiger partial charge in [-0.1, -0.05) is 34.2 Å². The molecule has 7 heteroatoms. The topological polar surface area (TPSA) is 41.9 Å². The Morgan fingerprint density at radius 2 is 1.71 bits per heavy atom. The number of pyridine rings is 1. The molecule has 0 aliphatic heterocycles. The molecule has 24 heavy (non-hydrogen) atoms. The number of nitrogens with zero attached hydrogens (tertiary/aromatic N) is 2. The minimum atomic E-state index is -4.47. The number of para-hydroxylation sites is 1. The van der Waals surface area contributed by atoms with Gasteiger partial charge in [-0.3, -0.25) is 0 Å².